The number of thiophene rings is 1. The molecule has 2 atom stereocenters. The van der Waals surface area contributed by atoms with Crippen molar-refractivity contribution in [3.63, 3.8) is 0 Å². The number of hydrogen-bond acceptors (Lipinski definition) is 8. The summed E-state index contributed by atoms with van der Waals surface area (Å²) < 4.78 is 38.4. The van der Waals surface area contributed by atoms with Crippen molar-refractivity contribution in [2.24, 2.45) is 0 Å². The second-order valence-corrected chi connectivity index (χ2v) is 10.5. The van der Waals surface area contributed by atoms with Gasteiger partial charge in [-0.2, -0.15) is 9.29 Å². The van der Waals surface area contributed by atoms with E-state index in [9.17, 15) is 13.2 Å². The maximum atomic E-state index is 13.0. The Labute approximate surface area is 192 Å². The third-order valence-electron chi connectivity index (χ3n) is 5.12. The zero-order valence-electron chi connectivity index (χ0n) is 18.3. The van der Waals surface area contributed by atoms with Gasteiger partial charge in [-0.1, -0.05) is 48.5 Å². The number of benzene rings is 1. The first-order chi connectivity index (χ1) is 15.3. The van der Waals surface area contributed by atoms with Crippen molar-refractivity contribution in [3.8, 4) is 0 Å². The number of ether oxygens (including phenoxy) is 1. The molecule has 0 spiro atoms. The van der Waals surface area contributed by atoms with Gasteiger partial charge in [0, 0.05) is 26.3 Å². The van der Waals surface area contributed by atoms with Crippen molar-refractivity contribution < 1.29 is 22.5 Å². The molecule has 0 aliphatic rings. The fourth-order valence-corrected chi connectivity index (χ4v) is 5.71. The Bertz CT molecular complexity index is 1100. The normalized spacial score (nSPS) is 13.8. The summed E-state index contributed by atoms with van der Waals surface area (Å²) in [6, 6.07) is 11.8. The van der Waals surface area contributed by atoms with Crippen molar-refractivity contribution in [2.75, 3.05) is 7.05 Å². The molecule has 2 aromatic heterocycles. The molecule has 0 saturated heterocycles. The van der Waals surface area contributed by atoms with E-state index in [1.807, 2.05) is 37.3 Å². The Morgan fingerprint density at radius 3 is 2.59 bits per heavy atom. The lowest BCUT2D eigenvalue weighted by atomic mass is 10.0. The number of carbonyl (C=O) groups excluding carboxylic acids is 1. The van der Waals surface area contributed by atoms with E-state index in [1.54, 1.807) is 24.4 Å². The van der Waals surface area contributed by atoms with Gasteiger partial charge in [-0.15, -0.1) is 11.3 Å². The molecule has 0 amide bonds. The summed E-state index contributed by atoms with van der Waals surface area (Å²) in [6.07, 6.45) is 1.05. The highest BCUT2D eigenvalue weighted by Gasteiger charge is 2.34. The van der Waals surface area contributed by atoms with Gasteiger partial charge in [-0.25, -0.2) is 8.42 Å². The van der Waals surface area contributed by atoms with Crippen molar-refractivity contribution >= 4 is 27.3 Å². The number of likely N-dealkylation sites (N-methyl/N-ethyl adjacent to an activating group) is 1. The Hall–Kier alpha value is -2.56. The maximum absolute atomic E-state index is 13.0. The molecule has 0 saturated carbocycles. The van der Waals surface area contributed by atoms with Gasteiger partial charge >= 0.3 is 5.97 Å². The van der Waals surface area contributed by atoms with Crippen LogP contribution in [-0.2, 0) is 32.4 Å². The molecule has 172 valence electrons. The predicted octanol–water partition coefficient (Wildman–Crippen LogP) is 4.01. The highest BCUT2D eigenvalue weighted by molar-refractivity contribution is 7.91. The van der Waals surface area contributed by atoms with Crippen LogP contribution in [0.5, 0.6) is 0 Å². The molecule has 3 rings (SSSR count). The molecular weight excluding hydrogens is 450 g/mol. The van der Waals surface area contributed by atoms with Crippen molar-refractivity contribution in [2.45, 2.75) is 55.9 Å². The van der Waals surface area contributed by atoms with E-state index >= 15 is 0 Å². The van der Waals surface area contributed by atoms with Crippen LogP contribution >= 0.6 is 11.3 Å². The zero-order valence-corrected chi connectivity index (χ0v) is 19.9. The van der Waals surface area contributed by atoms with Crippen LogP contribution < -0.4 is 0 Å². The van der Waals surface area contributed by atoms with E-state index in [0.29, 0.717) is 31.0 Å². The van der Waals surface area contributed by atoms with Crippen molar-refractivity contribution in [1.29, 1.82) is 0 Å². The third-order valence-corrected chi connectivity index (χ3v) is 8.44. The standard InChI is InChI=1S/C22H27N3O5S2/c1-4-18-23-19(30-24-18)12-8-13-20(26)29-22(17-10-6-5-7-11-17)16(2)25(3)32(27,28)21-14-9-15-31-21/h5-7,9-11,14-16,22H,4,8,12-13H2,1-3H3/t16-,22-/m1/s1. The summed E-state index contributed by atoms with van der Waals surface area (Å²) in [5.41, 5.74) is 0.728. The summed E-state index contributed by atoms with van der Waals surface area (Å²) in [5, 5.41) is 5.56. The van der Waals surface area contributed by atoms with Crippen LogP contribution in [0.4, 0.5) is 0 Å². The molecule has 0 bridgehead atoms. The first-order valence-corrected chi connectivity index (χ1v) is 12.7. The van der Waals surface area contributed by atoms with E-state index in [0.717, 1.165) is 16.9 Å². The van der Waals surface area contributed by atoms with E-state index in [1.165, 1.54) is 11.4 Å². The maximum Gasteiger partial charge on any atom is 0.306 e. The number of rotatable bonds is 11. The number of hydrogen-bond donors (Lipinski definition) is 0. The minimum Gasteiger partial charge on any atom is -0.456 e. The third kappa shape index (κ3) is 5.81. The number of carbonyl (C=O) groups is 1. The quantitative estimate of drug-likeness (QED) is 0.384. The molecule has 0 aliphatic carbocycles. The predicted molar refractivity (Wildman–Crippen MR) is 121 cm³/mol. The van der Waals surface area contributed by atoms with Crippen LogP contribution in [0.15, 0.2) is 56.6 Å². The van der Waals surface area contributed by atoms with Crippen LogP contribution in [-0.4, -0.2) is 41.9 Å². The smallest absolute Gasteiger partial charge is 0.306 e. The Morgan fingerprint density at radius 2 is 1.97 bits per heavy atom. The highest BCUT2D eigenvalue weighted by Crippen LogP contribution is 2.30. The van der Waals surface area contributed by atoms with Crippen LogP contribution in [0.2, 0.25) is 0 Å². The molecule has 0 N–H and O–H groups in total. The highest BCUT2D eigenvalue weighted by atomic mass is 32.2. The van der Waals surface area contributed by atoms with E-state index < -0.39 is 28.1 Å². The topological polar surface area (TPSA) is 103 Å². The van der Waals surface area contributed by atoms with E-state index in [-0.39, 0.29) is 10.6 Å². The lowest BCUT2D eigenvalue weighted by Crippen LogP contribution is -2.40. The van der Waals surface area contributed by atoms with E-state index in [2.05, 4.69) is 10.1 Å². The summed E-state index contributed by atoms with van der Waals surface area (Å²) >= 11 is 1.15. The average Bonchev–Trinajstić information content (AvgIpc) is 3.49. The Balaban J connectivity index is 1.69. The van der Waals surface area contributed by atoms with Gasteiger partial charge in [0.15, 0.2) is 5.82 Å². The minimum absolute atomic E-state index is 0.154. The van der Waals surface area contributed by atoms with Gasteiger partial charge in [0.05, 0.1) is 6.04 Å². The first-order valence-electron chi connectivity index (χ1n) is 10.4. The average molecular weight is 478 g/mol. The monoisotopic (exact) mass is 477 g/mol. The number of esters is 1. The Kier molecular flexibility index (Phi) is 8.16. The van der Waals surface area contributed by atoms with Gasteiger partial charge in [0.25, 0.3) is 10.0 Å². The molecule has 32 heavy (non-hydrogen) atoms. The minimum atomic E-state index is -3.70. The molecule has 10 heteroatoms. The Morgan fingerprint density at radius 1 is 1.22 bits per heavy atom. The summed E-state index contributed by atoms with van der Waals surface area (Å²) in [7, 11) is -2.20. The van der Waals surface area contributed by atoms with Crippen LogP contribution in [0.25, 0.3) is 0 Å². The fourth-order valence-electron chi connectivity index (χ4n) is 3.17. The summed E-state index contributed by atoms with van der Waals surface area (Å²) in [4.78, 5) is 16.9. The lowest BCUT2D eigenvalue weighted by molar-refractivity contribution is -0.152. The van der Waals surface area contributed by atoms with Gasteiger partial charge in [-0.05, 0) is 30.4 Å². The summed E-state index contributed by atoms with van der Waals surface area (Å²) in [5.74, 6) is 0.711. The molecule has 8 nitrogen and oxygen atoms in total. The number of aromatic nitrogens is 2. The van der Waals surface area contributed by atoms with Crippen LogP contribution in [0.3, 0.4) is 0 Å². The van der Waals surface area contributed by atoms with Crippen LogP contribution in [0, 0.1) is 0 Å². The zero-order chi connectivity index (χ0) is 23.1. The van der Waals surface area contributed by atoms with E-state index in [4.69, 9.17) is 9.26 Å². The summed E-state index contributed by atoms with van der Waals surface area (Å²) in [6.45, 7) is 3.67. The van der Waals surface area contributed by atoms with Gasteiger partial charge in [0.2, 0.25) is 5.89 Å². The van der Waals surface area contributed by atoms with Gasteiger partial charge in [0.1, 0.15) is 10.3 Å². The number of aryl methyl sites for hydroxylation is 2. The largest absolute Gasteiger partial charge is 0.456 e. The van der Waals surface area contributed by atoms with Gasteiger partial charge < -0.3 is 9.26 Å². The first kappa shape index (κ1) is 24.1. The molecule has 0 radical (unpaired) electrons. The molecule has 0 fully saturated rings. The molecular formula is C22H27N3O5S2. The van der Waals surface area contributed by atoms with Gasteiger partial charge in [-0.3, -0.25) is 4.79 Å². The second-order valence-electron chi connectivity index (χ2n) is 7.33. The molecule has 2 heterocycles. The molecule has 1 aromatic carbocycles. The SMILES string of the molecule is CCc1noc(CCCC(=O)O[C@@H](c2ccccc2)[C@@H](C)N(C)S(=O)(=O)c2cccs2)n1. The molecule has 3 aromatic rings. The lowest BCUT2D eigenvalue weighted by Gasteiger charge is -2.31. The van der Waals surface area contributed by atoms with Crippen molar-refractivity contribution in [3.05, 3.63) is 65.1 Å². The molecule has 0 unspecified atom stereocenters. The van der Waals surface area contributed by atoms with Crippen molar-refractivity contribution in [1.82, 2.24) is 14.4 Å². The fraction of sp³-hybridized carbons (Fsp3) is 0.409. The van der Waals surface area contributed by atoms with Crippen LogP contribution in [0.1, 0.15) is 50.1 Å². The number of sulfonamides is 1. The second kappa shape index (κ2) is 10.8. The number of nitrogens with zero attached hydrogens (tertiary/aromatic N) is 3. The molecule has 0 aliphatic heterocycles.